The van der Waals surface area contributed by atoms with Crippen LogP contribution in [0.3, 0.4) is 0 Å². The first-order chi connectivity index (χ1) is 37.4. The molecule has 11 rings (SSSR count). The number of esters is 1. The Morgan fingerprint density at radius 3 is 1.79 bits per heavy atom. The summed E-state index contributed by atoms with van der Waals surface area (Å²) in [6.45, 7) is 12.7. The van der Waals surface area contributed by atoms with E-state index in [0.717, 1.165) is 72.6 Å². The zero-order valence-electron chi connectivity index (χ0n) is 46.2. The third-order valence-electron chi connectivity index (χ3n) is 15.9. The summed E-state index contributed by atoms with van der Waals surface area (Å²) in [5.41, 5.74) is 4.83. The molecule has 444 valence electrons. The number of alkyl halides is 2. The van der Waals surface area contributed by atoms with Gasteiger partial charge in [0.1, 0.15) is 70.6 Å². The summed E-state index contributed by atoms with van der Waals surface area (Å²) in [6, 6.07) is 10.6. The van der Waals surface area contributed by atoms with Crippen molar-refractivity contribution in [1.82, 2.24) is 0 Å². The molecule has 80 heavy (non-hydrogen) atoms. The summed E-state index contributed by atoms with van der Waals surface area (Å²) in [4.78, 5) is 84.1. The van der Waals surface area contributed by atoms with Gasteiger partial charge in [-0.05, 0) is 137 Å². The molecular formula is C59H71Ag2IO18. The van der Waals surface area contributed by atoms with Gasteiger partial charge in [0, 0.05) is 53.5 Å². The molecule has 21 heteroatoms. The van der Waals surface area contributed by atoms with Crippen molar-refractivity contribution >= 4 is 60.2 Å². The summed E-state index contributed by atoms with van der Waals surface area (Å²) in [5, 5.41) is 18.5. The van der Waals surface area contributed by atoms with Crippen LogP contribution in [-0.2, 0) is 81.5 Å². The van der Waals surface area contributed by atoms with Crippen molar-refractivity contribution in [3.63, 3.8) is 0 Å². The van der Waals surface area contributed by atoms with E-state index in [2.05, 4.69) is 6.92 Å². The second-order valence-electron chi connectivity index (χ2n) is 22.0. The van der Waals surface area contributed by atoms with E-state index >= 15 is 0 Å². The number of fused-ring (bicyclic) bond motifs is 6. The Labute approximate surface area is 495 Å². The third-order valence-corrected chi connectivity index (χ3v) is 23.7. The van der Waals surface area contributed by atoms with Crippen molar-refractivity contribution in [2.24, 2.45) is 35.5 Å². The summed E-state index contributed by atoms with van der Waals surface area (Å²) in [5.74, 6) is 2.14. The monoisotopic (exact) mass is 1410 g/mol. The average molecular weight is 1410 g/mol. The molecule has 3 saturated carbocycles. The Morgan fingerprint density at radius 2 is 1.25 bits per heavy atom. The number of ether oxygens (including phenoxy) is 4. The van der Waals surface area contributed by atoms with Gasteiger partial charge in [-0.15, -0.1) is 0 Å². The van der Waals surface area contributed by atoms with Crippen molar-refractivity contribution in [1.29, 1.82) is 0 Å². The third kappa shape index (κ3) is 14.6. The second-order valence-corrected chi connectivity index (χ2v) is 33.1. The van der Waals surface area contributed by atoms with E-state index < -0.39 is 35.8 Å². The number of hydrogen-bond acceptors (Lipinski definition) is 17. The summed E-state index contributed by atoms with van der Waals surface area (Å²) in [7, 11) is 0. The van der Waals surface area contributed by atoms with Gasteiger partial charge < -0.3 is 42.8 Å². The summed E-state index contributed by atoms with van der Waals surface area (Å²) < 4.78 is 53.1. The molecule has 1 radical (unpaired) electrons. The van der Waals surface area contributed by atoms with Crippen molar-refractivity contribution in [2.45, 2.75) is 137 Å². The number of rotatable bonds is 7. The molecular weight excluding hydrogens is 1340 g/mol. The zero-order valence-corrected chi connectivity index (χ0v) is 51.4. The van der Waals surface area contributed by atoms with Gasteiger partial charge in [-0.1, -0.05) is 20.8 Å². The van der Waals surface area contributed by atoms with Crippen LogP contribution in [0.2, 0.25) is 0 Å². The Hall–Kier alpha value is -5.00. The van der Waals surface area contributed by atoms with Gasteiger partial charge >= 0.3 is 143 Å². The number of benzene rings is 1. The molecule has 0 spiro atoms. The Morgan fingerprint density at radius 1 is 0.750 bits per heavy atom. The van der Waals surface area contributed by atoms with E-state index in [1.54, 1.807) is 82.0 Å². The number of halogens is 1. The number of aldehydes is 1. The van der Waals surface area contributed by atoms with Crippen molar-refractivity contribution in [2.75, 3.05) is 16.5 Å². The summed E-state index contributed by atoms with van der Waals surface area (Å²) >= 11 is -2.28. The molecule has 5 aliphatic heterocycles. The van der Waals surface area contributed by atoms with Crippen LogP contribution in [0.4, 0.5) is 0 Å². The molecule has 0 bridgehead atoms. The van der Waals surface area contributed by atoms with Crippen LogP contribution in [0.25, 0.3) is 12.2 Å². The van der Waals surface area contributed by atoms with Gasteiger partial charge in [0.2, 0.25) is 0 Å². The number of aliphatic carboxylic acids is 1. The molecule has 3 fully saturated rings. The summed E-state index contributed by atoms with van der Waals surface area (Å²) in [6.07, 6.45) is 15.1. The van der Waals surface area contributed by atoms with Crippen LogP contribution in [0, 0.1) is 52.9 Å². The van der Waals surface area contributed by atoms with Gasteiger partial charge in [-0.25, -0.2) is 14.4 Å². The topological polar surface area (TPSA) is 259 Å². The van der Waals surface area contributed by atoms with E-state index in [4.69, 9.17) is 42.3 Å². The van der Waals surface area contributed by atoms with Gasteiger partial charge in [-0.2, -0.15) is 0 Å². The quantitative estimate of drug-likeness (QED) is 0.0733. The number of carboxylic acids is 1. The van der Waals surface area contributed by atoms with Crippen molar-refractivity contribution < 1.29 is 115 Å². The number of aryl methyl sites for hydroxylation is 2. The molecule has 1 aromatic carbocycles. The first-order valence-electron chi connectivity index (χ1n) is 26.5. The van der Waals surface area contributed by atoms with Crippen LogP contribution in [-0.4, -0.2) is 81.3 Å². The molecule has 2 aromatic heterocycles. The van der Waals surface area contributed by atoms with Gasteiger partial charge in [0.05, 0.1) is 11.5 Å². The van der Waals surface area contributed by atoms with E-state index in [1.807, 2.05) is 38.1 Å². The number of carboxylic acid groups (broad SMARTS) is 1. The fourth-order valence-electron chi connectivity index (χ4n) is 11.4. The molecule has 7 heterocycles. The van der Waals surface area contributed by atoms with E-state index in [-0.39, 0.29) is 88.4 Å². The minimum absolute atomic E-state index is 0. The molecule has 10 atom stereocenters. The molecule has 2 N–H and O–H groups in total. The molecule has 3 aliphatic carbocycles. The number of cyclic esters (lactones) is 1. The van der Waals surface area contributed by atoms with E-state index in [0.29, 0.717) is 75.9 Å². The van der Waals surface area contributed by atoms with Crippen LogP contribution in [0.15, 0.2) is 88.9 Å². The molecule has 18 nitrogen and oxygen atoms in total. The minimum atomic E-state index is -3.98. The number of carbonyl (C=O) groups excluding carboxylic acids is 4. The van der Waals surface area contributed by atoms with Gasteiger partial charge in [0.15, 0.2) is 0 Å². The first-order valence-corrected chi connectivity index (χ1v) is 34.3. The van der Waals surface area contributed by atoms with Crippen LogP contribution in [0.5, 0.6) is 11.5 Å². The number of aliphatic hydroxyl groups is 1. The zero-order chi connectivity index (χ0) is 57.7. The molecule has 3 aromatic rings. The van der Waals surface area contributed by atoms with Crippen LogP contribution < -0.4 is 20.7 Å². The SMILES string of the molecule is CC(=O)OI1(C)(C)OC(=O)c2ccccc21.CC1CC2=C(C=C3CC[C@H](C(C)C=O)C[C@@H]3O2)C(=O)O1.Cc1cc2c(c(=O)o1)C=C1CC[C@H](C(C)C(=O)O)C[C@@H]1O2.Cc1cc2c(c(=O)o1)C=C1CC[C@H](C(C)CO)C[C@@H]1O2.[Ag].[O]=[Ag]. The number of aliphatic hydroxyl groups excluding tert-OH is 1. The first kappa shape index (κ1) is 64.2. The molecule has 4 unspecified atom stereocenters. The Kier molecular flexibility index (Phi) is 21.6. The predicted molar refractivity (Wildman–Crippen MR) is 294 cm³/mol. The fraction of sp³-hybridized carbons (Fsp3) is 0.508. The van der Waals surface area contributed by atoms with Gasteiger partial charge in [-0.3, -0.25) is 4.79 Å². The normalized spacial score (nSPS) is 26.2. The fourth-order valence-corrected chi connectivity index (χ4v) is 18.4. The van der Waals surface area contributed by atoms with E-state index in [9.17, 15) is 38.7 Å². The standard InChI is InChI=1S/C16H18O5.2C16H20O4.C11H13IO4.2Ag.O/c1-8-5-14-12(16(19)20-8)6-11-4-3-10(7-13(11)21-14)9(2)15(17)18;2*1-9(8-17)11-3-4-12-6-13-15(20-14(12)7-11)5-10(2)19-16(13)18;1-8(13)15-12(2,3)10-7-5-4-6-9(10)11(14)16-12;;;/h5-6,9-10,13H,3-4,7H2,1-2H3,(H,17,18);6,8-11,14H,3-5,7H2,1-2H3;5-6,9,11,14,17H,3-4,7-8H2,1-2H3;4-7H,1-3H3;;;/t9?,10-,13-;9?,10?,11-,14-;9?,11-,14-;;;;/m000..../s1. The average Bonchev–Trinajstić information content (AvgIpc) is 3.63. The Balaban J connectivity index is 0.000000170. The maximum absolute atomic E-state index is 11.9. The van der Waals surface area contributed by atoms with Gasteiger partial charge in [0.25, 0.3) is 0 Å². The molecule has 0 amide bonds. The number of hydrogen-bond donors (Lipinski definition) is 2. The predicted octanol–water partition coefficient (Wildman–Crippen LogP) is 9.80. The van der Waals surface area contributed by atoms with Crippen molar-refractivity contribution in [3.8, 4) is 11.5 Å². The Bertz CT molecular complexity index is 3110. The maximum atomic E-state index is 11.9. The second kappa shape index (κ2) is 26.9. The molecule has 8 aliphatic rings. The van der Waals surface area contributed by atoms with Crippen LogP contribution >= 0.6 is 17.9 Å². The van der Waals surface area contributed by atoms with Crippen LogP contribution in [0.1, 0.15) is 132 Å². The number of carbonyl (C=O) groups is 5. The molecule has 0 saturated heterocycles. The van der Waals surface area contributed by atoms with E-state index in [1.165, 1.54) is 18.1 Å². The van der Waals surface area contributed by atoms with Crippen molar-refractivity contribution in [3.05, 3.63) is 123 Å².